The van der Waals surface area contributed by atoms with Crippen molar-refractivity contribution in [3.63, 3.8) is 0 Å². The maximum atomic E-state index is 14.8. The average Bonchev–Trinajstić information content (AvgIpc) is 3.13. The van der Waals surface area contributed by atoms with Gasteiger partial charge < -0.3 is 25.8 Å². The lowest BCUT2D eigenvalue weighted by Gasteiger charge is -2.36. The number of piperazine rings is 2. The van der Waals surface area contributed by atoms with E-state index < -0.39 is 17.6 Å². The van der Waals surface area contributed by atoms with Gasteiger partial charge >= 0.3 is 0 Å². The first-order valence-corrected chi connectivity index (χ1v) is 17.5. The van der Waals surface area contributed by atoms with Crippen LogP contribution in [0, 0.1) is 17.1 Å². The first kappa shape index (κ1) is 44.2. The van der Waals surface area contributed by atoms with Crippen LogP contribution in [0.1, 0.15) is 72.9 Å². The van der Waals surface area contributed by atoms with Crippen LogP contribution in [0.25, 0.3) is 0 Å². The van der Waals surface area contributed by atoms with Gasteiger partial charge in [0.25, 0.3) is 5.91 Å². The molecule has 1 unspecified atom stereocenters. The van der Waals surface area contributed by atoms with Crippen molar-refractivity contribution in [3.8, 4) is 0 Å². The first-order valence-electron chi connectivity index (χ1n) is 17.5. The second kappa shape index (κ2) is 22.8. The third-order valence-electron chi connectivity index (χ3n) is 8.61. The van der Waals surface area contributed by atoms with Crippen molar-refractivity contribution >= 4 is 43.3 Å². The molecule has 2 aliphatic heterocycles. The molecule has 4 amide bonds. The number of hydrogen-bond acceptors (Lipinski definition) is 7. The normalized spacial score (nSPS) is 15.1. The van der Waals surface area contributed by atoms with Crippen LogP contribution in [0.3, 0.4) is 0 Å². The van der Waals surface area contributed by atoms with Gasteiger partial charge in [-0.15, -0.1) is 0 Å². The maximum absolute atomic E-state index is 14.8. The number of primary amides is 1. The molecule has 2 saturated heterocycles. The van der Waals surface area contributed by atoms with Crippen LogP contribution in [0.15, 0.2) is 42.5 Å². The van der Waals surface area contributed by atoms with Crippen molar-refractivity contribution in [2.24, 2.45) is 11.7 Å². The minimum absolute atomic E-state index is 0. The quantitative estimate of drug-likeness (QED) is 0.240. The minimum Gasteiger partial charge on any atom is -0.366 e. The summed E-state index contributed by atoms with van der Waals surface area (Å²) in [6.45, 7) is 16.9. The SMILES string of the molecule is CC.CC.CC(CCN(C)CC(=O)N1CCN(C(=O)c2cc(CC(=N)c3ccccc3C(N)=O)ccc2F)CC1)CN1CCN(C=O)CC1.S. The van der Waals surface area contributed by atoms with Crippen molar-refractivity contribution in [1.82, 2.24) is 24.5 Å². The van der Waals surface area contributed by atoms with Crippen molar-refractivity contribution in [3.05, 3.63) is 70.5 Å². The fourth-order valence-electron chi connectivity index (χ4n) is 5.87. The second-order valence-electron chi connectivity index (χ2n) is 12.1. The van der Waals surface area contributed by atoms with E-state index in [0.717, 1.165) is 52.1 Å². The number of nitrogens with zero attached hydrogens (tertiary/aromatic N) is 5. The number of likely N-dealkylation sites (N-methyl/N-ethyl adjacent to an activating group) is 1. The van der Waals surface area contributed by atoms with E-state index in [1.807, 2.05) is 39.6 Å². The Morgan fingerprint density at radius 1 is 0.900 bits per heavy atom. The van der Waals surface area contributed by atoms with Crippen molar-refractivity contribution in [2.45, 2.75) is 47.5 Å². The Labute approximate surface area is 304 Å². The summed E-state index contributed by atoms with van der Waals surface area (Å²) in [6, 6.07) is 10.8. The summed E-state index contributed by atoms with van der Waals surface area (Å²) in [4.78, 5) is 58.5. The highest BCUT2D eigenvalue weighted by Crippen LogP contribution is 2.18. The van der Waals surface area contributed by atoms with Crippen LogP contribution >= 0.6 is 13.5 Å². The van der Waals surface area contributed by atoms with Crippen LogP contribution in [-0.4, -0.2) is 133 Å². The molecule has 0 bridgehead atoms. The van der Waals surface area contributed by atoms with Gasteiger partial charge in [0, 0.05) is 82.2 Å². The summed E-state index contributed by atoms with van der Waals surface area (Å²) in [5.41, 5.74) is 6.70. The summed E-state index contributed by atoms with van der Waals surface area (Å²) in [6.07, 6.45) is 1.97. The molecule has 0 spiro atoms. The van der Waals surface area contributed by atoms with Crippen molar-refractivity contribution in [2.75, 3.05) is 79.0 Å². The Balaban J connectivity index is 0.00000241. The molecule has 0 aromatic heterocycles. The maximum Gasteiger partial charge on any atom is 0.256 e. The molecular weight excluding hydrogens is 658 g/mol. The van der Waals surface area contributed by atoms with Gasteiger partial charge in [-0.25, -0.2) is 4.39 Å². The molecule has 2 heterocycles. The number of carbonyl (C=O) groups excluding carboxylic acids is 4. The molecule has 11 nitrogen and oxygen atoms in total. The highest BCUT2D eigenvalue weighted by atomic mass is 32.1. The molecule has 13 heteroatoms. The van der Waals surface area contributed by atoms with Crippen LogP contribution in [0.2, 0.25) is 0 Å². The lowest BCUT2D eigenvalue weighted by atomic mass is 9.96. The Hall–Kier alpha value is -3.81. The van der Waals surface area contributed by atoms with Crippen LogP contribution < -0.4 is 5.73 Å². The van der Waals surface area contributed by atoms with E-state index in [4.69, 9.17) is 11.1 Å². The lowest BCUT2D eigenvalue weighted by Crippen LogP contribution is -2.52. The monoisotopic (exact) mass is 715 g/mol. The van der Waals surface area contributed by atoms with E-state index in [0.29, 0.717) is 49.8 Å². The molecule has 3 N–H and O–H groups in total. The number of nitrogens with two attached hydrogens (primary N) is 1. The number of nitrogens with one attached hydrogen (secondary N) is 1. The molecule has 2 fully saturated rings. The molecule has 50 heavy (non-hydrogen) atoms. The zero-order chi connectivity index (χ0) is 36.5. The van der Waals surface area contributed by atoms with E-state index >= 15 is 0 Å². The van der Waals surface area contributed by atoms with Crippen LogP contribution in [0.4, 0.5) is 4.39 Å². The molecule has 4 rings (SSSR count). The number of halogens is 1. The largest absolute Gasteiger partial charge is 0.366 e. The Morgan fingerprint density at radius 2 is 1.48 bits per heavy atom. The second-order valence-corrected chi connectivity index (χ2v) is 12.1. The lowest BCUT2D eigenvalue weighted by molar-refractivity contribution is -0.133. The van der Waals surface area contributed by atoms with Gasteiger partial charge in [-0.05, 0) is 49.7 Å². The standard InChI is InChI=1S/C33H44FN7O4.2C2H6.H2S/c1-24(21-38-11-13-39(23-42)14-12-38)9-10-37(2)22-31(43)40-15-17-41(18-16-40)33(45)28-19-25(7-8-29(28)34)20-30(35)26-5-3-4-6-27(26)32(36)44;2*1-2;/h3-8,19,23-24,35H,9-18,20-22H2,1-2H3,(H2,36,44);2*1-2H3;1H2. The number of rotatable bonds is 13. The number of amides is 4. The summed E-state index contributed by atoms with van der Waals surface area (Å²) < 4.78 is 14.8. The average molecular weight is 716 g/mol. The highest BCUT2D eigenvalue weighted by Gasteiger charge is 2.27. The summed E-state index contributed by atoms with van der Waals surface area (Å²) in [5, 5.41) is 8.50. The van der Waals surface area contributed by atoms with Gasteiger partial charge in [-0.2, -0.15) is 13.5 Å². The third-order valence-corrected chi connectivity index (χ3v) is 8.61. The van der Waals surface area contributed by atoms with Gasteiger partial charge in [0.15, 0.2) is 0 Å². The molecule has 2 aromatic rings. The Kier molecular flexibility index (Phi) is 20.2. The molecule has 2 aromatic carbocycles. The van der Waals surface area contributed by atoms with Crippen LogP contribution in [-0.2, 0) is 16.0 Å². The van der Waals surface area contributed by atoms with Gasteiger partial charge in [-0.3, -0.25) is 29.0 Å². The fourth-order valence-corrected chi connectivity index (χ4v) is 5.87. The predicted octanol–water partition coefficient (Wildman–Crippen LogP) is 3.72. The first-order chi connectivity index (χ1) is 23.5. The molecule has 0 saturated carbocycles. The number of hydrogen-bond donors (Lipinski definition) is 2. The predicted molar refractivity (Wildman–Crippen MR) is 203 cm³/mol. The van der Waals surface area contributed by atoms with E-state index in [1.165, 1.54) is 18.2 Å². The minimum atomic E-state index is -0.648. The van der Waals surface area contributed by atoms with Gasteiger partial charge in [-0.1, -0.05) is 58.9 Å². The fraction of sp³-hybridized carbons (Fsp3) is 0.541. The molecule has 2 aliphatic rings. The van der Waals surface area contributed by atoms with Crippen LogP contribution in [0.5, 0.6) is 0 Å². The molecular formula is C37H58FN7O4S. The van der Waals surface area contributed by atoms with Gasteiger partial charge in [0.1, 0.15) is 5.82 Å². The van der Waals surface area contributed by atoms with Gasteiger partial charge in [0.2, 0.25) is 18.2 Å². The molecule has 1 atom stereocenters. The summed E-state index contributed by atoms with van der Waals surface area (Å²) in [7, 11) is 1.94. The van der Waals surface area contributed by atoms with E-state index in [1.54, 1.807) is 39.0 Å². The van der Waals surface area contributed by atoms with E-state index in [9.17, 15) is 23.6 Å². The van der Waals surface area contributed by atoms with E-state index in [2.05, 4.69) is 11.8 Å². The molecule has 0 radical (unpaired) electrons. The Morgan fingerprint density at radius 3 is 2.06 bits per heavy atom. The third kappa shape index (κ3) is 13.1. The van der Waals surface area contributed by atoms with Crippen molar-refractivity contribution in [1.29, 1.82) is 5.41 Å². The summed E-state index contributed by atoms with van der Waals surface area (Å²) >= 11 is 0. The topological polar surface area (TPSA) is 134 Å². The Bertz CT molecular complexity index is 1400. The van der Waals surface area contributed by atoms with Crippen molar-refractivity contribution < 1.29 is 23.6 Å². The van der Waals surface area contributed by atoms with Gasteiger partial charge in [0.05, 0.1) is 12.1 Å². The molecule has 0 aliphatic carbocycles. The zero-order valence-electron chi connectivity index (χ0n) is 30.7. The smallest absolute Gasteiger partial charge is 0.256 e. The number of carbonyl (C=O) groups is 4. The zero-order valence-corrected chi connectivity index (χ0v) is 31.7. The summed E-state index contributed by atoms with van der Waals surface area (Å²) in [5.74, 6) is -1.27. The van der Waals surface area contributed by atoms with E-state index in [-0.39, 0.29) is 42.7 Å². The number of benzene rings is 2. The molecule has 278 valence electrons. The highest BCUT2D eigenvalue weighted by molar-refractivity contribution is 7.59.